The first-order chi connectivity index (χ1) is 4.74. The van der Waals surface area contributed by atoms with Crippen LogP contribution in [0.2, 0.25) is 0 Å². The van der Waals surface area contributed by atoms with E-state index in [0.29, 0.717) is 0 Å². The van der Waals surface area contributed by atoms with Crippen LogP contribution >= 0.6 is 0 Å². The van der Waals surface area contributed by atoms with Gasteiger partial charge in [-0.25, -0.2) is 0 Å². The zero-order valence-corrected chi connectivity index (χ0v) is 5.37. The number of ketones is 1. The van der Waals surface area contributed by atoms with Crippen LogP contribution in [0.4, 0.5) is 0 Å². The van der Waals surface area contributed by atoms with Crippen LogP contribution in [0.15, 0.2) is 12.0 Å². The van der Waals surface area contributed by atoms with Gasteiger partial charge in [-0.2, -0.15) is 0 Å². The lowest BCUT2D eigenvalue weighted by Crippen LogP contribution is -2.35. The molecular weight excluding hydrogens is 134 g/mol. The highest BCUT2D eigenvalue weighted by molar-refractivity contribution is 5.94. The molecule has 0 aromatic carbocycles. The highest BCUT2D eigenvalue weighted by atomic mass is 16.3. The summed E-state index contributed by atoms with van der Waals surface area (Å²) in [6.45, 7) is -0.0878. The maximum absolute atomic E-state index is 10.7. The quantitative estimate of drug-likeness (QED) is 0.454. The van der Waals surface area contributed by atoms with Gasteiger partial charge in [0, 0.05) is 12.6 Å². The minimum Gasteiger partial charge on any atom is -0.503 e. The molecule has 0 aromatic heterocycles. The van der Waals surface area contributed by atoms with Gasteiger partial charge in [0.2, 0.25) is 5.78 Å². The topological polar surface area (TPSA) is 69.6 Å². The summed E-state index contributed by atoms with van der Waals surface area (Å²) in [7, 11) is 0. The van der Waals surface area contributed by atoms with Gasteiger partial charge in [-0.15, -0.1) is 0 Å². The highest BCUT2D eigenvalue weighted by Gasteiger charge is 2.19. The van der Waals surface area contributed by atoms with E-state index in [9.17, 15) is 4.79 Å². The Bertz CT molecular complexity index is 176. The number of carbonyl (C=O) groups is 1. The van der Waals surface area contributed by atoms with Gasteiger partial charge in [-0.1, -0.05) is 0 Å². The molecule has 0 saturated carbocycles. The second kappa shape index (κ2) is 2.70. The Morgan fingerprint density at radius 3 is 3.00 bits per heavy atom. The minimum atomic E-state index is -0.321. The third kappa shape index (κ3) is 1.27. The van der Waals surface area contributed by atoms with Gasteiger partial charge in [-0.3, -0.25) is 4.79 Å². The van der Waals surface area contributed by atoms with Crippen molar-refractivity contribution in [1.29, 1.82) is 0 Å². The van der Waals surface area contributed by atoms with Crippen LogP contribution in [-0.4, -0.2) is 28.6 Å². The van der Waals surface area contributed by atoms with Crippen molar-refractivity contribution < 1.29 is 15.0 Å². The molecule has 4 heteroatoms. The smallest absolute Gasteiger partial charge is 0.200 e. The maximum atomic E-state index is 10.7. The lowest BCUT2D eigenvalue weighted by molar-refractivity contribution is -0.119. The lowest BCUT2D eigenvalue weighted by atomic mass is 10.1. The molecule has 0 bridgehead atoms. The predicted molar refractivity (Wildman–Crippen MR) is 34.3 cm³/mol. The van der Waals surface area contributed by atoms with Gasteiger partial charge in [0.1, 0.15) is 0 Å². The van der Waals surface area contributed by atoms with Crippen LogP contribution in [0, 0.1) is 0 Å². The van der Waals surface area contributed by atoms with Gasteiger partial charge in [0.25, 0.3) is 0 Å². The minimum absolute atomic E-state index is 0.0878. The largest absolute Gasteiger partial charge is 0.503 e. The number of aliphatic hydroxyl groups is 2. The van der Waals surface area contributed by atoms with Crippen LogP contribution in [0.1, 0.15) is 6.42 Å². The molecule has 10 heavy (non-hydrogen) atoms. The summed E-state index contributed by atoms with van der Waals surface area (Å²) in [6.07, 6.45) is 1.38. The van der Waals surface area contributed by atoms with Gasteiger partial charge in [-0.05, 0) is 0 Å². The molecule has 1 atom stereocenters. The van der Waals surface area contributed by atoms with E-state index >= 15 is 0 Å². The number of rotatable bonds is 1. The Balaban J connectivity index is 2.59. The Morgan fingerprint density at radius 2 is 2.50 bits per heavy atom. The number of hydrogen-bond acceptors (Lipinski definition) is 4. The summed E-state index contributed by atoms with van der Waals surface area (Å²) in [6, 6.07) is -0.233. The Morgan fingerprint density at radius 1 is 1.80 bits per heavy atom. The SMILES string of the molecule is O=C1C[C@@H](CO)NC=C1O. The molecule has 0 aromatic rings. The molecule has 0 saturated heterocycles. The molecule has 1 rings (SSSR count). The molecule has 1 aliphatic rings. The number of allylic oxidation sites excluding steroid dienone is 1. The third-order valence-corrected chi connectivity index (χ3v) is 1.39. The molecular formula is C6H9NO3. The monoisotopic (exact) mass is 143 g/mol. The van der Waals surface area contributed by atoms with E-state index in [2.05, 4.69) is 5.32 Å². The summed E-state index contributed by atoms with van der Waals surface area (Å²) in [5.41, 5.74) is 0. The molecule has 56 valence electrons. The van der Waals surface area contributed by atoms with E-state index in [0.717, 1.165) is 0 Å². The summed E-state index contributed by atoms with van der Waals surface area (Å²) < 4.78 is 0. The molecule has 1 aliphatic heterocycles. The van der Waals surface area contributed by atoms with E-state index in [1.807, 2.05) is 0 Å². The van der Waals surface area contributed by atoms with Gasteiger partial charge >= 0.3 is 0 Å². The average molecular weight is 143 g/mol. The number of hydrogen-bond donors (Lipinski definition) is 3. The van der Waals surface area contributed by atoms with Crippen molar-refractivity contribution in [3.8, 4) is 0 Å². The number of nitrogens with one attached hydrogen (secondary N) is 1. The van der Waals surface area contributed by atoms with Crippen LogP contribution < -0.4 is 5.32 Å². The van der Waals surface area contributed by atoms with Crippen molar-refractivity contribution in [1.82, 2.24) is 5.32 Å². The standard InChI is InChI=1S/C6H9NO3/c8-3-4-1-5(9)6(10)2-7-4/h2,4,7-8,10H,1,3H2/t4-/m0/s1. The fourth-order valence-electron chi connectivity index (χ4n) is 0.782. The van der Waals surface area contributed by atoms with Crippen molar-refractivity contribution >= 4 is 5.78 Å². The number of aliphatic hydroxyl groups excluding tert-OH is 2. The zero-order chi connectivity index (χ0) is 7.56. The zero-order valence-electron chi connectivity index (χ0n) is 5.37. The van der Waals surface area contributed by atoms with E-state index in [1.165, 1.54) is 6.20 Å². The molecule has 1 heterocycles. The maximum Gasteiger partial charge on any atom is 0.200 e. The number of carbonyl (C=O) groups excluding carboxylic acids is 1. The molecule has 0 amide bonds. The second-order valence-electron chi connectivity index (χ2n) is 2.20. The Labute approximate surface area is 58.2 Å². The molecule has 0 radical (unpaired) electrons. The van der Waals surface area contributed by atoms with Gasteiger partial charge in [0.05, 0.1) is 12.6 Å². The predicted octanol–water partition coefficient (Wildman–Crippen LogP) is -0.691. The third-order valence-electron chi connectivity index (χ3n) is 1.39. The van der Waals surface area contributed by atoms with E-state index < -0.39 is 0 Å². The fourth-order valence-corrected chi connectivity index (χ4v) is 0.782. The summed E-state index contributed by atoms with van der Waals surface area (Å²) in [5, 5.41) is 20.0. The van der Waals surface area contributed by atoms with Crippen molar-refractivity contribution in [3.63, 3.8) is 0 Å². The van der Waals surface area contributed by atoms with Crippen LogP contribution in [0.25, 0.3) is 0 Å². The first-order valence-electron chi connectivity index (χ1n) is 3.03. The molecule has 0 spiro atoms. The molecule has 0 aliphatic carbocycles. The lowest BCUT2D eigenvalue weighted by Gasteiger charge is -2.17. The van der Waals surface area contributed by atoms with Crippen molar-refractivity contribution in [2.24, 2.45) is 0 Å². The molecule has 0 unspecified atom stereocenters. The fraction of sp³-hybridized carbons (Fsp3) is 0.500. The number of Topliss-reactive ketones (excluding diaryl/α,β-unsaturated/α-hetero) is 1. The summed E-state index contributed by atoms with van der Waals surface area (Å²) in [5.74, 6) is -0.581. The van der Waals surface area contributed by atoms with E-state index in [4.69, 9.17) is 10.2 Å². The van der Waals surface area contributed by atoms with Gasteiger partial charge < -0.3 is 15.5 Å². The van der Waals surface area contributed by atoms with E-state index in [1.54, 1.807) is 0 Å². The molecule has 3 N–H and O–H groups in total. The normalized spacial score (nSPS) is 25.5. The van der Waals surface area contributed by atoms with Gasteiger partial charge in [0.15, 0.2) is 5.76 Å². The van der Waals surface area contributed by atoms with Crippen LogP contribution in [0.3, 0.4) is 0 Å². The summed E-state index contributed by atoms with van der Waals surface area (Å²) >= 11 is 0. The molecule has 4 nitrogen and oxygen atoms in total. The Hall–Kier alpha value is -1.03. The van der Waals surface area contributed by atoms with Crippen LogP contribution in [-0.2, 0) is 4.79 Å². The average Bonchev–Trinajstić information content (AvgIpc) is 1.95. The second-order valence-corrected chi connectivity index (χ2v) is 2.20. The van der Waals surface area contributed by atoms with Crippen LogP contribution in [0.5, 0.6) is 0 Å². The molecule has 0 fully saturated rings. The van der Waals surface area contributed by atoms with Crippen molar-refractivity contribution in [2.75, 3.05) is 6.61 Å². The van der Waals surface area contributed by atoms with Crippen molar-refractivity contribution in [2.45, 2.75) is 12.5 Å². The first-order valence-corrected chi connectivity index (χ1v) is 3.03. The highest BCUT2D eigenvalue weighted by Crippen LogP contribution is 2.04. The van der Waals surface area contributed by atoms with E-state index in [-0.39, 0.29) is 30.6 Å². The Kier molecular flexibility index (Phi) is 1.91. The van der Waals surface area contributed by atoms with Crippen molar-refractivity contribution in [3.05, 3.63) is 12.0 Å². The summed E-state index contributed by atoms with van der Waals surface area (Å²) in [4.78, 5) is 10.7. The first kappa shape index (κ1) is 7.08.